The summed E-state index contributed by atoms with van der Waals surface area (Å²) in [6, 6.07) is 0.708. The molecule has 0 aromatic carbocycles. The summed E-state index contributed by atoms with van der Waals surface area (Å²) >= 11 is 0. The molecule has 28 heavy (non-hydrogen) atoms. The van der Waals surface area contributed by atoms with Crippen molar-refractivity contribution in [1.29, 1.82) is 10.8 Å². The predicted octanol–water partition coefficient (Wildman–Crippen LogP) is 1.64. The second-order valence-corrected chi connectivity index (χ2v) is 7.41. The molecule has 2 fully saturated rings. The van der Waals surface area contributed by atoms with Gasteiger partial charge in [-0.3, -0.25) is 5.41 Å². The van der Waals surface area contributed by atoms with Crippen molar-refractivity contribution in [2.75, 3.05) is 33.4 Å². The first-order valence-corrected chi connectivity index (χ1v) is 9.76. The fraction of sp³-hybridized carbons (Fsp3) is 0.684. The lowest BCUT2D eigenvalue weighted by Crippen LogP contribution is -2.57. The van der Waals surface area contributed by atoms with E-state index in [-0.39, 0.29) is 23.9 Å². The van der Waals surface area contributed by atoms with Crippen LogP contribution >= 0.6 is 0 Å². The topological polar surface area (TPSA) is 120 Å². The molecule has 154 valence electrons. The Balaban J connectivity index is 1.69. The minimum Gasteiger partial charge on any atom is -0.381 e. The van der Waals surface area contributed by atoms with Crippen LogP contribution in [0.5, 0.6) is 0 Å². The molecule has 1 aromatic rings. The van der Waals surface area contributed by atoms with E-state index in [1.54, 1.807) is 27.0 Å². The summed E-state index contributed by atoms with van der Waals surface area (Å²) in [4.78, 5) is 6.21. The molecule has 3 rings (SSSR count). The van der Waals surface area contributed by atoms with Gasteiger partial charge >= 0.3 is 0 Å². The summed E-state index contributed by atoms with van der Waals surface area (Å²) in [6.07, 6.45) is 4.49. The van der Waals surface area contributed by atoms with Gasteiger partial charge in [-0.1, -0.05) is 5.16 Å². The van der Waals surface area contributed by atoms with Gasteiger partial charge < -0.3 is 29.6 Å². The normalized spacial score (nSPS) is 24.4. The molecule has 3 N–H and O–H groups in total. The van der Waals surface area contributed by atoms with Crippen molar-refractivity contribution in [3.63, 3.8) is 0 Å². The summed E-state index contributed by atoms with van der Waals surface area (Å²) in [7, 11) is 1.72. The third-order valence-corrected chi connectivity index (χ3v) is 5.22. The Labute approximate surface area is 165 Å². The van der Waals surface area contributed by atoms with Gasteiger partial charge in [0.05, 0.1) is 11.7 Å². The van der Waals surface area contributed by atoms with Crippen LogP contribution in [0, 0.1) is 17.7 Å². The number of hydrogen-bond acceptors (Lipinski definition) is 8. The molecule has 0 bridgehead atoms. The van der Waals surface area contributed by atoms with Crippen LogP contribution in [0.4, 0.5) is 0 Å². The number of ether oxygens (including phenoxy) is 2. The fourth-order valence-electron chi connectivity index (χ4n) is 3.74. The molecule has 0 unspecified atom stereocenters. The molecule has 0 amide bonds. The molecule has 0 saturated carbocycles. The van der Waals surface area contributed by atoms with E-state index in [1.165, 1.54) is 0 Å². The van der Waals surface area contributed by atoms with E-state index in [9.17, 15) is 0 Å². The van der Waals surface area contributed by atoms with Crippen molar-refractivity contribution >= 4 is 17.1 Å². The van der Waals surface area contributed by atoms with Crippen LogP contribution in [0.15, 0.2) is 10.6 Å². The second kappa shape index (κ2) is 9.40. The first-order chi connectivity index (χ1) is 13.5. The lowest BCUT2D eigenvalue weighted by atomic mass is 9.97. The minimum absolute atomic E-state index is 0.0244. The zero-order chi connectivity index (χ0) is 20.1. The highest BCUT2D eigenvalue weighted by Crippen LogP contribution is 2.22. The van der Waals surface area contributed by atoms with E-state index in [0.717, 1.165) is 39.0 Å². The van der Waals surface area contributed by atoms with Crippen molar-refractivity contribution in [3.05, 3.63) is 17.8 Å². The molecule has 2 atom stereocenters. The van der Waals surface area contributed by atoms with Gasteiger partial charge in [0, 0.05) is 51.2 Å². The van der Waals surface area contributed by atoms with E-state index in [1.807, 2.05) is 4.90 Å². The van der Waals surface area contributed by atoms with Crippen LogP contribution in [0.3, 0.4) is 0 Å². The number of aryl methyl sites for hydroxylation is 1. The van der Waals surface area contributed by atoms with Gasteiger partial charge in [-0.05, 0) is 39.2 Å². The van der Waals surface area contributed by atoms with Crippen LogP contribution in [0.1, 0.15) is 37.9 Å². The lowest BCUT2D eigenvalue weighted by Gasteiger charge is -2.41. The van der Waals surface area contributed by atoms with Crippen LogP contribution in [-0.2, 0) is 9.47 Å². The Morgan fingerprint density at radius 3 is 2.64 bits per heavy atom. The third kappa shape index (κ3) is 5.03. The SMILES string of the molecule is CO[C@H]1CN(C(=N)C(=CC(C)=N)c2nc(C)no2)CC[C@H]1NC1CCOCC1. The van der Waals surface area contributed by atoms with Crippen molar-refractivity contribution in [2.24, 2.45) is 0 Å². The van der Waals surface area contributed by atoms with Crippen molar-refractivity contribution in [1.82, 2.24) is 20.4 Å². The summed E-state index contributed by atoms with van der Waals surface area (Å²) in [6.45, 7) is 6.33. The largest absolute Gasteiger partial charge is 0.381 e. The Kier molecular flexibility index (Phi) is 6.93. The first-order valence-electron chi connectivity index (χ1n) is 9.76. The number of methoxy groups -OCH3 is 1. The van der Waals surface area contributed by atoms with Crippen molar-refractivity contribution < 1.29 is 14.0 Å². The highest BCUT2D eigenvalue weighted by Gasteiger charge is 2.33. The molecule has 0 radical (unpaired) electrons. The summed E-state index contributed by atoms with van der Waals surface area (Å²) < 4.78 is 16.5. The van der Waals surface area contributed by atoms with E-state index < -0.39 is 0 Å². The fourth-order valence-corrected chi connectivity index (χ4v) is 3.74. The van der Waals surface area contributed by atoms with Crippen LogP contribution in [0.25, 0.3) is 5.57 Å². The molecule has 2 saturated heterocycles. The average Bonchev–Trinajstić information content (AvgIpc) is 3.12. The van der Waals surface area contributed by atoms with Gasteiger partial charge in [0.25, 0.3) is 5.89 Å². The summed E-state index contributed by atoms with van der Waals surface area (Å²) in [5.74, 6) is 1.05. The monoisotopic (exact) mass is 390 g/mol. The molecular formula is C19H30N6O3. The Hall–Kier alpha value is -2.10. The quantitative estimate of drug-likeness (QED) is 0.499. The van der Waals surface area contributed by atoms with E-state index in [4.69, 9.17) is 24.8 Å². The van der Waals surface area contributed by atoms with Gasteiger partial charge in [-0.15, -0.1) is 0 Å². The number of hydrogen-bond donors (Lipinski definition) is 3. The highest BCUT2D eigenvalue weighted by molar-refractivity contribution is 6.23. The van der Waals surface area contributed by atoms with Crippen LogP contribution in [-0.4, -0.2) is 78.2 Å². The number of piperidine rings is 1. The van der Waals surface area contributed by atoms with E-state index in [2.05, 4.69) is 15.5 Å². The molecular weight excluding hydrogens is 360 g/mol. The molecule has 0 aliphatic carbocycles. The minimum atomic E-state index is -0.0244. The van der Waals surface area contributed by atoms with Gasteiger partial charge in [0.15, 0.2) is 5.82 Å². The predicted molar refractivity (Wildman–Crippen MR) is 106 cm³/mol. The molecule has 1 aromatic heterocycles. The number of nitrogens with one attached hydrogen (secondary N) is 3. The average molecular weight is 390 g/mol. The number of aromatic nitrogens is 2. The van der Waals surface area contributed by atoms with Gasteiger partial charge in [0.1, 0.15) is 5.84 Å². The molecule has 9 nitrogen and oxygen atoms in total. The van der Waals surface area contributed by atoms with Gasteiger partial charge in [0.2, 0.25) is 0 Å². The third-order valence-electron chi connectivity index (χ3n) is 5.22. The molecule has 2 aliphatic heterocycles. The van der Waals surface area contributed by atoms with Crippen molar-refractivity contribution in [3.8, 4) is 0 Å². The summed E-state index contributed by atoms with van der Waals surface area (Å²) in [5, 5.41) is 24.1. The van der Waals surface area contributed by atoms with Crippen molar-refractivity contribution in [2.45, 2.75) is 51.3 Å². The molecule has 3 heterocycles. The first kappa shape index (κ1) is 20.6. The maximum absolute atomic E-state index is 8.70. The van der Waals surface area contributed by atoms with Crippen LogP contribution in [0.2, 0.25) is 0 Å². The van der Waals surface area contributed by atoms with E-state index in [0.29, 0.717) is 29.7 Å². The smallest absolute Gasteiger partial charge is 0.261 e. The zero-order valence-corrected chi connectivity index (χ0v) is 16.8. The molecule has 2 aliphatic rings. The number of likely N-dealkylation sites (tertiary alicyclic amines) is 1. The van der Waals surface area contributed by atoms with Gasteiger partial charge in [-0.2, -0.15) is 4.98 Å². The van der Waals surface area contributed by atoms with Crippen LogP contribution < -0.4 is 5.32 Å². The number of nitrogens with zero attached hydrogens (tertiary/aromatic N) is 3. The maximum atomic E-state index is 8.70. The highest BCUT2D eigenvalue weighted by atomic mass is 16.5. The standard InChI is InChI=1S/C19H30N6O3/c1-12(20)10-15(19-22-13(2)24-28-19)18(21)25-7-4-16(17(11-25)26-3)23-14-5-8-27-9-6-14/h10,14,16-17,20-21,23H,4-9,11H2,1-3H3/t16-,17+/m1/s1. The zero-order valence-electron chi connectivity index (χ0n) is 16.8. The van der Waals surface area contributed by atoms with Gasteiger partial charge in [-0.25, -0.2) is 0 Å². The summed E-state index contributed by atoms with van der Waals surface area (Å²) in [5.41, 5.74) is 0.800. The number of allylic oxidation sites excluding steroid dienone is 1. The maximum Gasteiger partial charge on any atom is 0.261 e. The Bertz CT molecular complexity index is 725. The number of rotatable bonds is 6. The Morgan fingerprint density at radius 1 is 1.29 bits per heavy atom. The Morgan fingerprint density at radius 2 is 2.04 bits per heavy atom. The number of amidine groups is 1. The second-order valence-electron chi connectivity index (χ2n) is 7.41. The van der Waals surface area contributed by atoms with E-state index >= 15 is 0 Å². The lowest BCUT2D eigenvalue weighted by molar-refractivity contribution is 0.0114. The molecule has 0 spiro atoms. The molecule has 9 heteroatoms.